The third-order valence-electron chi connectivity index (χ3n) is 3.50. The molecule has 1 heterocycles. The van der Waals surface area contributed by atoms with Gasteiger partial charge in [-0.2, -0.15) is 0 Å². The fraction of sp³-hybridized carbons (Fsp3) is 0.118. The summed E-state index contributed by atoms with van der Waals surface area (Å²) in [7, 11) is 0. The van der Waals surface area contributed by atoms with Gasteiger partial charge in [-0.05, 0) is 43.3 Å². The lowest BCUT2D eigenvalue weighted by molar-refractivity contribution is 0.475. The summed E-state index contributed by atoms with van der Waals surface area (Å²) in [4.78, 5) is 17.2. The second-order valence-electron chi connectivity index (χ2n) is 4.83. The molecule has 0 saturated carbocycles. The van der Waals surface area contributed by atoms with Crippen LogP contribution in [-0.4, -0.2) is 16.6 Å². The zero-order valence-corrected chi connectivity index (χ0v) is 11.7. The SMILES string of the molecule is CCN(c1ccc(O)cc1)c1cc2ccccc2[nH]c1=O. The van der Waals surface area contributed by atoms with Crippen molar-refractivity contribution >= 4 is 22.3 Å². The van der Waals surface area contributed by atoms with Crippen LogP contribution in [0, 0.1) is 0 Å². The van der Waals surface area contributed by atoms with Gasteiger partial charge >= 0.3 is 0 Å². The molecule has 3 aromatic rings. The Morgan fingerprint density at radius 1 is 1.10 bits per heavy atom. The third kappa shape index (κ3) is 2.48. The Morgan fingerprint density at radius 3 is 2.52 bits per heavy atom. The number of phenols is 1. The first-order valence-corrected chi connectivity index (χ1v) is 6.87. The number of hydrogen-bond acceptors (Lipinski definition) is 3. The first kappa shape index (κ1) is 13.2. The van der Waals surface area contributed by atoms with Crippen LogP contribution < -0.4 is 10.5 Å². The number of nitrogens with one attached hydrogen (secondary N) is 1. The van der Waals surface area contributed by atoms with E-state index >= 15 is 0 Å². The molecule has 0 atom stereocenters. The normalized spacial score (nSPS) is 10.7. The minimum absolute atomic E-state index is 0.122. The number of pyridine rings is 1. The average Bonchev–Trinajstić information content (AvgIpc) is 2.50. The molecule has 4 heteroatoms. The zero-order chi connectivity index (χ0) is 14.8. The zero-order valence-electron chi connectivity index (χ0n) is 11.7. The second kappa shape index (κ2) is 5.32. The number of aromatic nitrogens is 1. The summed E-state index contributed by atoms with van der Waals surface area (Å²) < 4.78 is 0. The Hall–Kier alpha value is -2.75. The van der Waals surface area contributed by atoms with Gasteiger partial charge in [0.1, 0.15) is 11.4 Å². The maximum Gasteiger partial charge on any atom is 0.272 e. The van der Waals surface area contributed by atoms with E-state index in [2.05, 4.69) is 4.98 Å². The van der Waals surface area contributed by atoms with E-state index in [1.54, 1.807) is 24.3 Å². The summed E-state index contributed by atoms with van der Waals surface area (Å²) >= 11 is 0. The van der Waals surface area contributed by atoms with Gasteiger partial charge in [0.2, 0.25) is 0 Å². The molecular weight excluding hydrogens is 264 g/mol. The van der Waals surface area contributed by atoms with Crippen molar-refractivity contribution in [3.8, 4) is 5.75 Å². The number of fused-ring (bicyclic) bond motifs is 1. The van der Waals surface area contributed by atoms with Gasteiger partial charge in [-0.1, -0.05) is 18.2 Å². The molecule has 0 fully saturated rings. The standard InChI is InChI=1S/C17H16N2O2/c1-2-19(13-7-9-14(20)10-8-13)16-11-12-5-3-4-6-15(12)18-17(16)21/h3-11,20H,2H2,1H3,(H,18,21). The highest BCUT2D eigenvalue weighted by Gasteiger charge is 2.12. The van der Waals surface area contributed by atoms with Crippen molar-refractivity contribution in [1.29, 1.82) is 0 Å². The van der Waals surface area contributed by atoms with Gasteiger partial charge in [-0.25, -0.2) is 0 Å². The molecular formula is C17H16N2O2. The Balaban J connectivity index is 2.14. The van der Waals surface area contributed by atoms with Crippen molar-refractivity contribution in [2.24, 2.45) is 0 Å². The number of nitrogens with zero attached hydrogens (tertiary/aromatic N) is 1. The number of rotatable bonds is 3. The van der Waals surface area contributed by atoms with E-state index in [1.807, 2.05) is 42.2 Å². The van der Waals surface area contributed by atoms with Crippen LogP contribution in [-0.2, 0) is 0 Å². The number of aromatic amines is 1. The summed E-state index contributed by atoms with van der Waals surface area (Å²) in [5, 5.41) is 10.4. The van der Waals surface area contributed by atoms with Crippen molar-refractivity contribution < 1.29 is 5.11 Å². The maximum atomic E-state index is 12.3. The first-order valence-electron chi connectivity index (χ1n) is 6.87. The summed E-state index contributed by atoms with van der Waals surface area (Å²) in [5.74, 6) is 0.210. The van der Waals surface area contributed by atoms with Gasteiger partial charge in [0.15, 0.2) is 0 Å². The lowest BCUT2D eigenvalue weighted by Crippen LogP contribution is -2.24. The van der Waals surface area contributed by atoms with Gasteiger partial charge in [0.05, 0.1) is 0 Å². The van der Waals surface area contributed by atoms with E-state index in [0.717, 1.165) is 16.6 Å². The highest BCUT2D eigenvalue weighted by Crippen LogP contribution is 2.25. The van der Waals surface area contributed by atoms with Crippen molar-refractivity contribution in [1.82, 2.24) is 4.98 Å². The van der Waals surface area contributed by atoms with Crippen LogP contribution in [0.25, 0.3) is 10.9 Å². The number of hydrogen-bond donors (Lipinski definition) is 2. The summed E-state index contributed by atoms with van der Waals surface area (Å²) in [5.41, 5.74) is 2.18. The molecule has 0 aliphatic rings. The predicted octanol–water partition coefficient (Wildman–Crippen LogP) is 3.39. The van der Waals surface area contributed by atoms with E-state index in [0.29, 0.717) is 12.2 Å². The van der Waals surface area contributed by atoms with Gasteiger partial charge in [0.25, 0.3) is 5.56 Å². The van der Waals surface area contributed by atoms with Crippen molar-refractivity contribution in [3.05, 3.63) is 65.0 Å². The van der Waals surface area contributed by atoms with Crippen LogP contribution in [0.4, 0.5) is 11.4 Å². The molecule has 0 unspecified atom stereocenters. The highest BCUT2D eigenvalue weighted by atomic mass is 16.3. The highest BCUT2D eigenvalue weighted by molar-refractivity contribution is 5.82. The molecule has 4 nitrogen and oxygen atoms in total. The first-order chi connectivity index (χ1) is 10.2. The fourth-order valence-electron chi connectivity index (χ4n) is 2.46. The number of anilines is 2. The Bertz CT molecular complexity index is 822. The summed E-state index contributed by atoms with van der Waals surface area (Å²) in [6, 6.07) is 16.4. The maximum absolute atomic E-state index is 12.3. The minimum Gasteiger partial charge on any atom is -0.508 e. The van der Waals surface area contributed by atoms with Crippen LogP contribution in [0.1, 0.15) is 6.92 Å². The molecule has 3 rings (SSSR count). The number of para-hydroxylation sites is 1. The Kier molecular flexibility index (Phi) is 3.36. The predicted molar refractivity (Wildman–Crippen MR) is 85.4 cm³/mol. The average molecular weight is 280 g/mol. The van der Waals surface area contributed by atoms with Crippen molar-refractivity contribution in [2.75, 3.05) is 11.4 Å². The molecule has 0 bridgehead atoms. The number of benzene rings is 2. The van der Waals surface area contributed by atoms with E-state index in [4.69, 9.17) is 0 Å². The molecule has 0 amide bonds. The molecule has 0 saturated heterocycles. The Morgan fingerprint density at radius 2 is 1.81 bits per heavy atom. The molecule has 0 radical (unpaired) electrons. The van der Waals surface area contributed by atoms with Gasteiger partial charge in [-0.15, -0.1) is 0 Å². The largest absolute Gasteiger partial charge is 0.508 e. The van der Waals surface area contributed by atoms with Crippen molar-refractivity contribution in [2.45, 2.75) is 6.92 Å². The lowest BCUT2D eigenvalue weighted by Gasteiger charge is -2.22. The van der Waals surface area contributed by atoms with Gasteiger partial charge in [0, 0.05) is 23.1 Å². The van der Waals surface area contributed by atoms with Crippen molar-refractivity contribution in [3.63, 3.8) is 0 Å². The summed E-state index contributed by atoms with van der Waals surface area (Å²) in [6.45, 7) is 2.65. The van der Waals surface area contributed by atoms with E-state index in [1.165, 1.54) is 0 Å². The van der Waals surface area contributed by atoms with Crippen LogP contribution in [0.5, 0.6) is 5.75 Å². The molecule has 1 aromatic heterocycles. The van der Waals surface area contributed by atoms with Gasteiger partial charge < -0.3 is 15.0 Å². The number of phenolic OH excluding ortho intramolecular Hbond substituents is 1. The molecule has 0 spiro atoms. The topological polar surface area (TPSA) is 56.3 Å². The second-order valence-corrected chi connectivity index (χ2v) is 4.83. The molecule has 106 valence electrons. The Labute approximate surface area is 122 Å². The monoisotopic (exact) mass is 280 g/mol. The molecule has 2 N–H and O–H groups in total. The smallest absolute Gasteiger partial charge is 0.272 e. The molecule has 0 aliphatic heterocycles. The van der Waals surface area contributed by atoms with Crippen LogP contribution in [0.3, 0.4) is 0 Å². The molecule has 2 aromatic carbocycles. The number of H-pyrrole nitrogens is 1. The number of aromatic hydroxyl groups is 1. The van der Waals surface area contributed by atoms with Crippen LogP contribution in [0.2, 0.25) is 0 Å². The van der Waals surface area contributed by atoms with E-state index in [9.17, 15) is 9.90 Å². The van der Waals surface area contributed by atoms with E-state index < -0.39 is 0 Å². The molecule has 0 aliphatic carbocycles. The van der Waals surface area contributed by atoms with Crippen LogP contribution in [0.15, 0.2) is 59.4 Å². The summed E-state index contributed by atoms with van der Waals surface area (Å²) in [6.07, 6.45) is 0. The fourth-order valence-corrected chi connectivity index (χ4v) is 2.46. The molecule has 21 heavy (non-hydrogen) atoms. The third-order valence-corrected chi connectivity index (χ3v) is 3.50. The van der Waals surface area contributed by atoms with Gasteiger partial charge in [-0.3, -0.25) is 4.79 Å². The minimum atomic E-state index is -0.122. The van der Waals surface area contributed by atoms with E-state index in [-0.39, 0.29) is 11.3 Å². The quantitative estimate of drug-likeness (QED) is 0.773. The lowest BCUT2D eigenvalue weighted by atomic mass is 10.2. The van der Waals surface area contributed by atoms with Crippen LogP contribution >= 0.6 is 0 Å².